The Kier molecular flexibility index (Phi) is 5.57. The molecule has 0 radical (unpaired) electrons. The molecule has 0 aromatic carbocycles. The van der Waals surface area contributed by atoms with Crippen LogP contribution in [0.4, 0.5) is 5.82 Å². The van der Waals surface area contributed by atoms with Gasteiger partial charge in [0.1, 0.15) is 15.8 Å². The molecule has 6 nitrogen and oxygen atoms in total. The van der Waals surface area contributed by atoms with Crippen LogP contribution in [0.5, 0.6) is 0 Å². The average Bonchev–Trinajstić information content (AvgIpc) is 2.91. The van der Waals surface area contributed by atoms with Gasteiger partial charge in [-0.1, -0.05) is 42.2 Å². The van der Waals surface area contributed by atoms with Gasteiger partial charge in [0.25, 0.3) is 11.5 Å². The van der Waals surface area contributed by atoms with Crippen molar-refractivity contribution >= 4 is 51.7 Å². The molecule has 1 N–H and O–H groups in total. The summed E-state index contributed by atoms with van der Waals surface area (Å²) >= 11 is 6.42. The Morgan fingerprint density at radius 1 is 1.33 bits per heavy atom. The molecule has 3 rings (SSSR count). The Hall–Kier alpha value is -2.71. The highest BCUT2D eigenvalue weighted by Crippen LogP contribution is 2.32. The number of rotatable bonds is 6. The normalized spacial score (nSPS) is 15.6. The molecule has 1 amide bonds. The lowest BCUT2D eigenvalue weighted by Gasteiger charge is -2.11. The van der Waals surface area contributed by atoms with Crippen LogP contribution in [0.1, 0.15) is 11.1 Å². The number of amides is 1. The Bertz CT molecular complexity index is 1060. The number of hydrogen-bond donors (Lipinski definition) is 1. The average molecular weight is 399 g/mol. The number of anilines is 1. The molecule has 0 spiro atoms. The third kappa shape index (κ3) is 3.58. The highest BCUT2D eigenvalue weighted by Gasteiger charge is 2.31. The predicted molar refractivity (Wildman–Crippen MR) is 115 cm³/mol. The van der Waals surface area contributed by atoms with E-state index in [1.165, 1.54) is 9.30 Å². The van der Waals surface area contributed by atoms with Crippen LogP contribution in [0.3, 0.4) is 0 Å². The van der Waals surface area contributed by atoms with Crippen molar-refractivity contribution in [1.29, 1.82) is 0 Å². The molecule has 1 aliphatic heterocycles. The van der Waals surface area contributed by atoms with Crippen molar-refractivity contribution < 1.29 is 4.79 Å². The van der Waals surface area contributed by atoms with E-state index in [1.54, 1.807) is 30.5 Å². The number of pyridine rings is 1. The molecule has 27 heavy (non-hydrogen) atoms. The van der Waals surface area contributed by atoms with Gasteiger partial charge in [0.05, 0.1) is 10.5 Å². The van der Waals surface area contributed by atoms with Gasteiger partial charge < -0.3 is 5.32 Å². The summed E-state index contributed by atoms with van der Waals surface area (Å²) in [6.07, 6.45) is 6.50. The fourth-order valence-corrected chi connectivity index (χ4v) is 3.92. The predicted octanol–water partition coefficient (Wildman–Crippen LogP) is 2.99. The van der Waals surface area contributed by atoms with Gasteiger partial charge in [-0.25, -0.2) is 4.98 Å². The van der Waals surface area contributed by atoms with E-state index in [9.17, 15) is 9.59 Å². The molecule has 0 atom stereocenters. The highest BCUT2D eigenvalue weighted by atomic mass is 32.2. The minimum Gasteiger partial charge on any atom is -0.366 e. The maximum absolute atomic E-state index is 13.1. The first-order valence-corrected chi connectivity index (χ1v) is 9.43. The molecule has 2 aromatic heterocycles. The molecule has 8 heteroatoms. The maximum Gasteiger partial charge on any atom is 0.267 e. The molecule has 2 aromatic rings. The van der Waals surface area contributed by atoms with E-state index < -0.39 is 0 Å². The summed E-state index contributed by atoms with van der Waals surface area (Å²) in [5.74, 6) is 0.163. The van der Waals surface area contributed by atoms with Gasteiger partial charge in [-0.2, -0.15) is 0 Å². The van der Waals surface area contributed by atoms with Crippen LogP contribution in [-0.2, 0) is 4.79 Å². The summed E-state index contributed by atoms with van der Waals surface area (Å²) in [6, 6.07) is 3.68. The van der Waals surface area contributed by atoms with Gasteiger partial charge in [0, 0.05) is 19.3 Å². The number of nitrogens with one attached hydrogen (secondary N) is 1. The van der Waals surface area contributed by atoms with Crippen molar-refractivity contribution in [2.75, 3.05) is 18.4 Å². The molecule has 1 saturated heterocycles. The van der Waals surface area contributed by atoms with E-state index in [-0.39, 0.29) is 11.5 Å². The minimum absolute atomic E-state index is 0.242. The Balaban J connectivity index is 2.18. The summed E-state index contributed by atoms with van der Waals surface area (Å²) in [7, 11) is 0. The van der Waals surface area contributed by atoms with Gasteiger partial charge in [-0.15, -0.1) is 13.2 Å². The van der Waals surface area contributed by atoms with Crippen molar-refractivity contribution in [1.82, 2.24) is 14.3 Å². The lowest BCUT2D eigenvalue weighted by molar-refractivity contribution is -0.121. The van der Waals surface area contributed by atoms with Crippen molar-refractivity contribution in [2.45, 2.75) is 6.92 Å². The summed E-state index contributed by atoms with van der Waals surface area (Å²) < 4.78 is 1.92. The summed E-state index contributed by atoms with van der Waals surface area (Å²) in [5, 5.41) is 3.09. The molecule has 3 heterocycles. The monoisotopic (exact) mass is 398 g/mol. The molecule has 0 bridgehead atoms. The standard InChI is InChI=1S/C19H18N4O2S2/c1-4-8-20-15-13(11-14-18(25)23(9-5-2)19(26)27-14)17(24)22-10-6-7-12(3)16(22)21-15/h4-7,10-11,20H,1-2,8-9H2,3H3/b14-11+. The van der Waals surface area contributed by atoms with E-state index in [4.69, 9.17) is 12.2 Å². The zero-order valence-corrected chi connectivity index (χ0v) is 16.4. The van der Waals surface area contributed by atoms with Crippen molar-refractivity contribution in [3.05, 3.63) is 70.0 Å². The van der Waals surface area contributed by atoms with Gasteiger partial charge in [-0.05, 0) is 24.6 Å². The van der Waals surface area contributed by atoms with Gasteiger partial charge in [-0.3, -0.25) is 18.9 Å². The molecular weight excluding hydrogens is 380 g/mol. The molecule has 138 valence electrons. The first kappa shape index (κ1) is 19.1. The second kappa shape index (κ2) is 7.89. The largest absolute Gasteiger partial charge is 0.366 e. The zero-order chi connectivity index (χ0) is 19.6. The third-order valence-electron chi connectivity index (χ3n) is 3.96. The Morgan fingerprint density at radius 3 is 2.81 bits per heavy atom. The number of fused-ring (bicyclic) bond motifs is 1. The summed E-state index contributed by atoms with van der Waals surface area (Å²) in [6.45, 7) is 9.98. The molecule has 1 fully saturated rings. The second-order valence-electron chi connectivity index (χ2n) is 5.81. The number of hydrogen-bond acceptors (Lipinski definition) is 6. The molecule has 0 saturated carbocycles. The van der Waals surface area contributed by atoms with E-state index in [0.717, 1.165) is 17.3 Å². The van der Waals surface area contributed by atoms with E-state index in [1.807, 2.05) is 13.0 Å². The van der Waals surface area contributed by atoms with Gasteiger partial charge >= 0.3 is 0 Å². The number of carbonyl (C=O) groups is 1. The quantitative estimate of drug-likeness (QED) is 0.458. The lowest BCUT2D eigenvalue weighted by Crippen LogP contribution is -2.28. The summed E-state index contributed by atoms with van der Waals surface area (Å²) in [5.41, 5.74) is 1.48. The SMILES string of the molecule is C=CCNc1nc2c(C)cccn2c(=O)c1/C=C1/SC(=S)N(CC=C)C1=O. The fourth-order valence-electron chi connectivity index (χ4n) is 2.66. The third-order valence-corrected chi connectivity index (χ3v) is 5.34. The van der Waals surface area contributed by atoms with E-state index in [2.05, 4.69) is 23.5 Å². The highest BCUT2D eigenvalue weighted by molar-refractivity contribution is 8.26. The van der Waals surface area contributed by atoms with Crippen LogP contribution in [0, 0.1) is 6.92 Å². The Labute approximate surface area is 166 Å². The van der Waals surface area contributed by atoms with Crippen molar-refractivity contribution in [3.63, 3.8) is 0 Å². The van der Waals surface area contributed by atoms with Crippen LogP contribution in [0.15, 0.2) is 53.3 Å². The van der Waals surface area contributed by atoms with Gasteiger partial charge in [0.2, 0.25) is 0 Å². The van der Waals surface area contributed by atoms with Gasteiger partial charge in [0.15, 0.2) is 0 Å². The molecular formula is C19H18N4O2S2. The topological polar surface area (TPSA) is 66.7 Å². The Morgan fingerprint density at radius 2 is 2.11 bits per heavy atom. The van der Waals surface area contributed by atoms with Crippen LogP contribution in [0.2, 0.25) is 0 Å². The van der Waals surface area contributed by atoms with Crippen molar-refractivity contribution in [2.24, 2.45) is 0 Å². The van der Waals surface area contributed by atoms with Crippen LogP contribution < -0.4 is 10.9 Å². The lowest BCUT2D eigenvalue weighted by atomic mass is 10.2. The van der Waals surface area contributed by atoms with E-state index >= 15 is 0 Å². The number of aryl methyl sites for hydroxylation is 1. The number of thiocarbonyl (C=S) groups is 1. The zero-order valence-electron chi connectivity index (χ0n) is 14.8. The molecule has 1 aliphatic rings. The second-order valence-corrected chi connectivity index (χ2v) is 7.49. The minimum atomic E-state index is -0.260. The van der Waals surface area contributed by atoms with Crippen molar-refractivity contribution in [3.8, 4) is 0 Å². The van der Waals surface area contributed by atoms with E-state index in [0.29, 0.717) is 39.3 Å². The van der Waals surface area contributed by atoms with Crippen LogP contribution in [0.25, 0.3) is 11.7 Å². The number of nitrogens with zero attached hydrogens (tertiary/aromatic N) is 3. The number of carbonyl (C=O) groups excluding carboxylic acids is 1. The molecule has 0 unspecified atom stereocenters. The first-order valence-electron chi connectivity index (χ1n) is 8.21. The van der Waals surface area contributed by atoms with Crippen LogP contribution in [-0.4, -0.2) is 37.6 Å². The first-order chi connectivity index (χ1) is 13.0. The fraction of sp³-hybridized carbons (Fsp3) is 0.158. The number of thioether (sulfide) groups is 1. The summed E-state index contributed by atoms with van der Waals surface area (Å²) in [4.78, 5) is 32.1. The smallest absolute Gasteiger partial charge is 0.267 e. The molecule has 0 aliphatic carbocycles. The number of aromatic nitrogens is 2. The maximum atomic E-state index is 13.1. The van der Waals surface area contributed by atoms with Crippen LogP contribution >= 0.6 is 24.0 Å².